The van der Waals surface area contributed by atoms with Gasteiger partial charge in [0.25, 0.3) is 0 Å². The highest BCUT2D eigenvalue weighted by Crippen LogP contribution is 2.36. The molecule has 3 aromatic rings. The summed E-state index contributed by atoms with van der Waals surface area (Å²) >= 11 is 5.85. The smallest absolute Gasteiger partial charge is 0.458 e. The molecule has 0 aromatic carbocycles. The Hall–Kier alpha value is -3.65. The fraction of sp³-hybridized carbons (Fsp3) is 0.667. The molecular formula is C36H57BClN7O10. The summed E-state index contributed by atoms with van der Waals surface area (Å²) in [6.07, 6.45) is 7.16. The molecule has 1 fully saturated rings. The molecule has 0 saturated carbocycles. The third-order valence-corrected chi connectivity index (χ3v) is 8.05. The van der Waals surface area contributed by atoms with Gasteiger partial charge in [0.15, 0.2) is 11.0 Å². The minimum absolute atomic E-state index is 0.0722. The van der Waals surface area contributed by atoms with E-state index < -0.39 is 24.3 Å². The Balaban J connectivity index is 0.000000296. The van der Waals surface area contributed by atoms with E-state index in [9.17, 15) is 9.59 Å². The van der Waals surface area contributed by atoms with E-state index in [1.165, 1.54) is 0 Å². The normalized spacial score (nSPS) is 15.1. The lowest BCUT2D eigenvalue weighted by atomic mass is 9.82. The van der Waals surface area contributed by atoms with E-state index in [0.717, 1.165) is 11.0 Å². The van der Waals surface area contributed by atoms with Crippen molar-refractivity contribution in [1.29, 1.82) is 0 Å². The highest BCUT2D eigenvalue weighted by atomic mass is 35.5. The molecule has 4 rings (SSSR count). The van der Waals surface area contributed by atoms with E-state index in [1.807, 2.05) is 81.6 Å². The van der Waals surface area contributed by atoms with Gasteiger partial charge in [-0.2, -0.15) is 10.2 Å². The van der Waals surface area contributed by atoms with E-state index in [-0.39, 0.29) is 41.4 Å². The highest BCUT2D eigenvalue weighted by Gasteiger charge is 2.52. The lowest BCUT2D eigenvalue weighted by Gasteiger charge is -2.32. The molecule has 17 nitrogen and oxygen atoms in total. The SMILES string of the molecule is CC(C)(C)OC(=O)COCCOCCn1cc(-c2cc(Cl)nnc2N)cn1.CC(C)(C)OC(=O)COCCOCCn1cc(B2OC(C)(C)C(C)(C)O2)cn1. The lowest BCUT2D eigenvalue weighted by molar-refractivity contribution is -0.161. The van der Waals surface area contributed by atoms with Gasteiger partial charge in [-0.1, -0.05) is 11.6 Å². The van der Waals surface area contributed by atoms with Crippen LogP contribution in [-0.4, -0.2) is 124 Å². The number of aromatic nitrogens is 6. The lowest BCUT2D eigenvalue weighted by Crippen LogP contribution is -2.41. The second-order valence-electron chi connectivity index (χ2n) is 15.6. The number of hydrogen-bond acceptors (Lipinski definition) is 15. The van der Waals surface area contributed by atoms with E-state index in [4.69, 9.17) is 55.1 Å². The number of carbonyl (C=O) groups is 2. The molecule has 0 amide bonds. The molecule has 3 aromatic heterocycles. The van der Waals surface area contributed by atoms with Crippen LogP contribution in [0.4, 0.5) is 5.82 Å². The quantitative estimate of drug-likeness (QED) is 0.112. The number of halogens is 1. The van der Waals surface area contributed by atoms with Crippen molar-refractivity contribution >= 4 is 41.9 Å². The number of anilines is 1. The Bertz CT molecular complexity index is 1640. The van der Waals surface area contributed by atoms with Crippen molar-refractivity contribution in [2.75, 3.05) is 58.6 Å². The zero-order chi connectivity index (χ0) is 40.9. The maximum atomic E-state index is 11.5. The van der Waals surface area contributed by atoms with Crippen LogP contribution in [0.5, 0.6) is 0 Å². The van der Waals surface area contributed by atoms with Crippen LogP contribution < -0.4 is 11.2 Å². The number of carbonyl (C=O) groups excluding carboxylic acids is 2. The zero-order valence-electron chi connectivity index (χ0n) is 33.8. The van der Waals surface area contributed by atoms with Gasteiger partial charge in [0.05, 0.1) is 70.1 Å². The molecule has 2 N–H and O–H groups in total. The van der Waals surface area contributed by atoms with Crippen LogP contribution in [0, 0.1) is 0 Å². The summed E-state index contributed by atoms with van der Waals surface area (Å²) in [5, 5.41) is 16.3. The Kier molecular flexibility index (Phi) is 17.0. The fourth-order valence-electron chi connectivity index (χ4n) is 4.65. The summed E-state index contributed by atoms with van der Waals surface area (Å²) in [6, 6.07) is 1.64. The van der Waals surface area contributed by atoms with Crippen LogP contribution >= 0.6 is 11.6 Å². The third-order valence-electron chi connectivity index (χ3n) is 7.87. The van der Waals surface area contributed by atoms with Crippen molar-refractivity contribution < 1.29 is 47.3 Å². The third kappa shape index (κ3) is 16.5. The van der Waals surface area contributed by atoms with Crippen molar-refractivity contribution in [3.05, 3.63) is 36.0 Å². The number of ether oxygens (including phenoxy) is 6. The summed E-state index contributed by atoms with van der Waals surface area (Å²) in [7, 11) is -0.416. The van der Waals surface area contributed by atoms with Gasteiger partial charge in [0, 0.05) is 35.2 Å². The fourth-order valence-corrected chi connectivity index (χ4v) is 4.79. The van der Waals surface area contributed by atoms with Crippen LogP contribution in [0.2, 0.25) is 5.15 Å². The van der Waals surface area contributed by atoms with Crippen molar-refractivity contribution in [2.45, 2.75) is 105 Å². The molecule has 0 unspecified atom stereocenters. The molecule has 0 aliphatic carbocycles. The number of nitrogen functional groups attached to an aromatic ring is 1. The van der Waals surface area contributed by atoms with Gasteiger partial charge < -0.3 is 43.5 Å². The van der Waals surface area contributed by atoms with Gasteiger partial charge in [0.2, 0.25) is 0 Å². The van der Waals surface area contributed by atoms with Crippen molar-refractivity contribution in [2.24, 2.45) is 0 Å². The van der Waals surface area contributed by atoms with Crippen molar-refractivity contribution in [3.63, 3.8) is 0 Å². The molecule has 1 aliphatic heterocycles. The first-order valence-corrected chi connectivity index (χ1v) is 18.5. The van der Waals surface area contributed by atoms with E-state index in [0.29, 0.717) is 58.3 Å². The minimum atomic E-state index is -0.512. The van der Waals surface area contributed by atoms with Crippen LogP contribution in [0.3, 0.4) is 0 Å². The van der Waals surface area contributed by atoms with Gasteiger partial charge in [-0.15, -0.1) is 10.2 Å². The predicted octanol–water partition coefficient (Wildman–Crippen LogP) is 3.51. The van der Waals surface area contributed by atoms with Gasteiger partial charge in [-0.3, -0.25) is 9.36 Å². The first-order valence-electron chi connectivity index (χ1n) is 18.1. The second kappa shape index (κ2) is 20.5. The molecule has 1 aliphatic rings. The highest BCUT2D eigenvalue weighted by molar-refractivity contribution is 6.62. The number of nitrogens with two attached hydrogens (primary N) is 1. The zero-order valence-corrected chi connectivity index (χ0v) is 34.5. The summed E-state index contributed by atoms with van der Waals surface area (Å²) in [6.45, 7) is 22.3. The Morgan fingerprint density at radius 2 is 1.22 bits per heavy atom. The number of hydrogen-bond donors (Lipinski definition) is 1. The monoisotopic (exact) mass is 793 g/mol. The Labute approximate surface area is 328 Å². The van der Waals surface area contributed by atoms with Crippen molar-refractivity contribution in [1.82, 2.24) is 29.8 Å². The number of nitrogens with zero attached hydrogens (tertiary/aromatic N) is 6. The molecule has 306 valence electrons. The number of esters is 2. The summed E-state index contributed by atoms with van der Waals surface area (Å²) in [4.78, 5) is 23.0. The number of rotatable bonds is 18. The molecule has 19 heteroatoms. The van der Waals surface area contributed by atoms with E-state index >= 15 is 0 Å². The average molecular weight is 794 g/mol. The van der Waals surface area contributed by atoms with E-state index in [2.05, 4.69) is 20.4 Å². The topological polar surface area (TPSA) is 195 Å². The molecule has 0 radical (unpaired) electrons. The first-order chi connectivity index (χ1) is 25.6. The van der Waals surface area contributed by atoms with Crippen LogP contribution in [0.15, 0.2) is 30.9 Å². The Morgan fingerprint density at radius 1 is 0.745 bits per heavy atom. The molecule has 4 heterocycles. The average Bonchev–Trinajstić information content (AvgIpc) is 3.78. The van der Waals surface area contributed by atoms with Gasteiger partial charge in [-0.25, -0.2) is 9.59 Å². The molecule has 0 bridgehead atoms. The van der Waals surface area contributed by atoms with Gasteiger partial charge in [0.1, 0.15) is 24.4 Å². The van der Waals surface area contributed by atoms with Crippen molar-refractivity contribution in [3.8, 4) is 11.1 Å². The van der Waals surface area contributed by atoms with Crippen LogP contribution in [-0.2, 0) is 60.4 Å². The largest absolute Gasteiger partial charge is 0.498 e. The molecule has 1 saturated heterocycles. The minimum Gasteiger partial charge on any atom is -0.458 e. The maximum Gasteiger partial charge on any atom is 0.498 e. The summed E-state index contributed by atoms with van der Waals surface area (Å²) < 4.78 is 47.3. The predicted molar refractivity (Wildman–Crippen MR) is 206 cm³/mol. The Morgan fingerprint density at radius 3 is 1.73 bits per heavy atom. The summed E-state index contributed by atoms with van der Waals surface area (Å²) in [5.41, 5.74) is 6.42. The standard InChI is InChI=1S/C19H33BN2O6.C17H24ClN5O4/c1-17(2,3)26-16(23)14-25-11-10-24-9-8-22-13-15(12-21-22)20-27-18(4,5)19(6,7)28-20;1-17(2,3)27-15(24)11-26-7-6-25-5-4-23-10-12(9-20-23)13-8-14(18)21-22-16(13)19/h12-13H,8-11,14H2,1-7H3;8-10H,4-7,11H2,1-3H3,(H2,19,22). The molecule has 55 heavy (non-hydrogen) atoms. The van der Waals surface area contributed by atoms with E-state index in [1.54, 1.807) is 27.8 Å². The van der Waals surface area contributed by atoms with Gasteiger partial charge >= 0.3 is 19.1 Å². The molecular weight excluding hydrogens is 737 g/mol. The second-order valence-corrected chi connectivity index (χ2v) is 16.0. The first kappa shape index (κ1) is 45.7. The van der Waals surface area contributed by atoms with Gasteiger partial charge in [-0.05, 0) is 75.3 Å². The molecule has 0 spiro atoms. The van der Waals surface area contributed by atoms with Crippen LogP contribution in [0.25, 0.3) is 11.1 Å². The van der Waals surface area contributed by atoms with Crippen LogP contribution in [0.1, 0.15) is 69.2 Å². The molecule has 0 atom stereocenters. The maximum absolute atomic E-state index is 11.5. The summed E-state index contributed by atoms with van der Waals surface area (Å²) in [5.74, 6) is -0.479.